The number of hydrogen-bond acceptors (Lipinski definition) is 6. The fourth-order valence-corrected chi connectivity index (χ4v) is 3.31. The van der Waals surface area contributed by atoms with Gasteiger partial charge in [-0.15, -0.1) is 10.2 Å². The first-order valence-corrected chi connectivity index (χ1v) is 9.41. The number of hydrogen-bond donors (Lipinski definition) is 1. The van der Waals surface area contributed by atoms with Crippen LogP contribution in [0.15, 0.2) is 40.0 Å². The molecule has 1 aromatic carbocycles. The van der Waals surface area contributed by atoms with Gasteiger partial charge in [-0.3, -0.25) is 10.1 Å². The van der Waals surface area contributed by atoms with Crippen molar-refractivity contribution in [3.05, 3.63) is 41.6 Å². The van der Waals surface area contributed by atoms with E-state index in [0.29, 0.717) is 5.88 Å². The van der Waals surface area contributed by atoms with E-state index in [2.05, 4.69) is 51.2 Å². The lowest BCUT2D eigenvalue weighted by molar-refractivity contribution is -0.113. The number of aromatic nitrogens is 4. The van der Waals surface area contributed by atoms with Crippen LogP contribution in [0, 0.1) is 13.8 Å². The predicted molar refractivity (Wildman–Crippen MR) is 101 cm³/mol. The van der Waals surface area contributed by atoms with Gasteiger partial charge in [0.1, 0.15) is 0 Å². The van der Waals surface area contributed by atoms with Crippen LogP contribution >= 0.6 is 11.8 Å². The molecule has 0 aliphatic heterocycles. The van der Waals surface area contributed by atoms with Crippen molar-refractivity contribution in [2.24, 2.45) is 0 Å². The highest BCUT2D eigenvalue weighted by molar-refractivity contribution is 7.99. The molecule has 0 saturated carbocycles. The third kappa shape index (κ3) is 4.32. The Labute approximate surface area is 156 Å². The Hall–Kier alpha value is -2.61. The van der Waals surface area contributed by atoms with E-state index in [4.69, 9.17) is 4.52 Å². The lowest BCUT2D eigenvalue weighted by Crippen LogP contribution is -2.14. The Balaban J connectivity index is 1.72. The van der Waals surface area contributed by atoms with E-state index in [0.717, 1.165) is 35.2 Å². The summed E-state index contributed by atoms with van der Waals surface area (Å²) in [5.74, 6) is 1.22. The van der Waals surface area contributed by atoms with Gasteiger partial charge in [0.05, 0.1) is 11.4 Å². The second kappa shape index (κ2) is 8.18. The van der Waals surface area contributed by atoms with Gasteiger partial charge < -0.3 is 9.09 Å². The van der Waals surface area contributed by atoms with Gasteiger partial charge in [0.2, 0.25) is 11.8 Å². The summed E-state index contributed by atoms with van der Waals surface area (Å²) in [6.45, 7) is 6.75. The Morgan fingerprint density at radius 1 is 1.27 bits per heavy atom. The highest BCUT2D eigenvalue weighted by atomic mass is 32.2. The molecule has 2 aromatic heterocycles. The number of anilines is 1. The molecular formula is C18H21N5O2S. The minimum Gasteiger partial charge on any atom is -0.338 e. The molecule has 136 valence electrons. The van der Waals surface area contributed by atoms with Crippen molar-refractivity contribution in [2.45, 2.75) is 38.9 Å². The predicted octanol–water partition coefficient (Wildman–Crippen LogP) is 3.69. The van der Waals surface area contributed by atoms with Gasteiger partial charge in [-0.2, -0.15) is 0 Å². The highest BCUT2D eigenvalue weighted by Crippen LogP contribution is 2.25. The van der Waals surface area contributed by atoms with E-state index < -0.39 is 0 Å². The summed E-state index contributed by atoms with van der Waals surface area (Å²) in [5, 5.41) is 15.8. The zero-order chi connectivity index (χ0) is 18.5. The van der Waals surface area contributed by atoms with Gasteiger partial charge in [0, 0.05) is 18.2 Å². The zero-order valence-electron chi connectivity index (χ0n) is 15.0. The molecule has 0 atom stereocenters. The number of carbonyl (C=O) groups is 1. The number of nitrogens with zero attached hydrogens (tertiary/aromatic N) is 4. The Morgan fingerprint density at radius 2 is 2.12 bits per heavy atom. The van der Waals surface area contributed by atoms with E-state index in [1.54, 1.807) is 13.0 Å². The average Bonchev–Trinajstić information content (AvgIpc) is 3.20. The molecule has 1 amide bonds. The minimum atomic E-state index is -0.172. The molecule has 7 nitrogen and oxygen atoms in total. The molecule has 0 unspecified atom stereocenters. The third-order valence-corrected chi connectivity index (χ3v) is 4.63. The number of rotatable bonds is 7. The summed E-state index contributed by atoms with van der Waals surface area (Å²) in [6.07, 6.45) is 0.952. The van der Waals surface area contributed by atoms with E-state index in [-0.39, 0.29) is 11.7 Å². The molecule has 3 rings (SSSR count). The average molecular weight is 371 g/mol. The molecule has 2 heterocycles. The van der Waals surface area contributed by atoms with Gasteiger partial charge in [-0.05, 0) is 26.3 Å². The smallest absolute Gasteiger partial charge is 0.237 e. The number of aryl methyl sites for hydroxylation is 2. The molecule has 3 aromatic rings. The van der Waals surface area contributed by atoms with Gasteiger partial charge in [0.25, 0.3) is 0 Å². The SMILES string of the molecule is CCCn1c(SCC(=O)Nc2cc(C)no2)nnc1-c1cccc(C)c1. The summed E-state index contributed by atoms with van der Waals surface area (Å²) < 4.78 is 7.06. The molecule has 0 aliphatic rings. The van der Waals surface area contributed by atoms with Crippen molar-refractivity contribution in [1.82, 2.24) is 19.9 Å². The molecule has 0 aliphatic carbocycles. The molecule has 1 N–H and O–H groups in total. The van der Waals surface area contributed by atoms with E-state index in [9.17, 15) is 4.79 Å². The number of benzene rings is 1. The topological polar surface area (TPSA) is 85.8 Å². The summed E-state index contributed by atoms with van der Waals surface area (Å²) >= 11 is 1.36. The fraction of sp³-hybridized carbons (Fsp3) is 0.333. The maximum Gasteiger partial charge on any atom is 0.237 e. The number of thioether (sulfide) groups is 1. The number of carbonyl (C=O) groups excluding carboxylic acids is 1. The van der Waals surface area contributed by atoms with E-state index >= 15 is 0 Å². The standard InChI is InChI=1S/C18H21N5O2S/c1-4-8-23-17(14-7-5-6-12(2)9-14)20-21-18(23)26-11-15(24)19-16-10-13(3)22-25-16/h5-7,9-10H,4,8,11H2,1-3H3,(H,19,24). The van der Waals surface area contributed by atoms with Gasteiger partial charge >= 0.3 is 0 Å². The monoisotopic (exact) mass is 371 g/mol. The molecule has 0 bridgehead atoms. The van der Waals surface area contributed by atoms with Crippen LogP contribution in [0.3, 0.4) is 0 Å². The van der Waals surface area contributed by atoms with Crippen molar-refractivity contribution >= 4 is 23.6 Å². The first kappa shape index (κ1) is 18.2. The largest absolute Gasteiger partial charge is 0.338 e. The van der Waals surface area contributed by atoms with Crippen LogP contribution in [0.1, 0.15) is 24.6 Å². The first-order chi connectivity index (χ1) is 12.6. The molecular weight excluding hydrogens is 350 g/mol. The number of amides is 1. The van der Waals surface area contributed by atoms with Crippen molar-refractivity contribution < 1.29 is 9.32 Å². The lowest BCUT2D eigenvalue weighted by atomic mass is 10.1. The summed E-state index contributed by atoms with van der Waals surface area (Å²) in [5.41, 5.74) is 2.92. The van der Waals surface area contributed by atoms with Crippen LogP contribution in [0.5, 0.6) is 0 Å². The van der Waals surface area contributed by atoms with Crippen LogP contribution in [0.4, 0.5) is 5.88 Å². The number of nitrogens with one attached hydrogen (secondary N) is 1. The van der Waals surface area contributed by atoms with Crippen LogP contribution in [-0.4, -0.2) is 31.6 Å². The first-order valence-electron chi connectivity index (χ1n) is 8.43. The van der Waals surface area contributed by atoms with Crippen molar-refractivity contribution in [3.8, 4) is 11.4 Å². The van der Waals surface area contributed by atoms with Gasteiger partial charge in [-0.1, -0.05) is 47.6 Å². The van der Waals surface area contributed by atoms with Gasteiger partial charge in [-0.25, -0.2) is 0 Å². The van der Waals surface area contributed by atoms with Crippen molar-refractivity contribution in [2.75, 3.05) is 11.1 Å². The van der Waals surface area contributed by atoms with Crippen molar-refractivity contribution in [3.63, 3.8) is 0 Å². The van der Waals surface area contributed by atoms with Crippen LogP contribution in [-0.2, 0) is 11.3 Å². The van der Waals surface area contributed by atoms with Crippen LogP contribution in [0.2, 0.25) is 0 Å². The second-order valence-corrected chi connectivity index (χ2v) is 6.94. The molecule has 0 radical (unpaired) electrons. The van der Waals surface area contributed by atoms with Crippen molar-refractivity contribution in [1.29, 1.82) is 0 Å². The lowest BCUT2D eigenvalue weighted by Gasteiger charge is -2.09. The highest BCUT2D eigenvalue weighted by Gasteiger charge is 2.16. The summed E-state index contributed by atoms with van der Waals surface area (Å²) in [7, 11) is 0. The molecule has 0 saturated heterocycles. The zero-order valence-corrected chi connectivity index (χ0v) is 15.8. The Kier molecular flexibility index (Phi) is 5.72. The summed E-state index contributed by atoms with van der Waals surface area (Å²) in [4.78, 5) is 12.1. The molecule has 8 heteroatoms. The normalized spacial score (nSPS) is 10.9. The maximum absolute atomic E-state index is 12.1. The Morgan fingerprint density at radius 3 is 2.81 bits per heavy atom. The maximum atomic E-state index is 12.1. The quantitative estimate of drug-likeness (QED) is 0.638. The molecule has 0 fully saturated rings. The summed E-state index contributed by atoms with van der Waals surface area (Å²) in [6, 6.07) is 9.85. The van der Waals surface area contributed by atoms with E-state index in [1.807, 2.05) is 12.1 Å². The van der Waals surface area contributed by atoms with Gasteiger partial charge in [0.15, 0.2) is 11.0 Å². The second-order valence-electron chi connectivity index (χ2n) is 6.00. The molecule has 26 heavy (non-hydrogen) atoms. The minimum absolute atomic E-state index is 0.172. The third-order valence-electron chi connectivity index (χ3n) is 3.66. The fourth-order valence-electron chi connectivity index (χ4n) is 2.54. The van der Waals surface area contributed by atoms with E-state index in [1.165, 1.54) is 17.3 Å². The molecule has 0 spiro atoms. The Bertz CT molecular complexity index is 903. The van der Waals surface area contributed by atoms with Crippen LogP contribution in [0.25, 0.3) is 11.4 Å². The van der Waals surface area contributed by atoms with Crippen LogP contribution < -0.4 is 5.32 Å².